The van der Waals surface area contributed by atoms with Crippen LogP contribution in [0.5, 0.6) is 0 Å². The van der Waals surface area contributed by atoms with E-state index in [1.165, 1.54) is 0 Å². The molecule has 1 rings (SSSR count). The maximum Gasteiger partial charge on any atom is 0.287 e. The summed E-state index contributed by atoms with van der Waals surface area (Å²) in [6, 6.07) is 0. The van der Waals surface area contributed by atoms with E-state index >= 15 is 0 Å². The van der Waals surface area contributed by atoms with Gasteiger partial charge in [-0.3, -0.25) is 4.79 Å². The molecule has 1 aromatic rings. The minimum Gasteiger partial charge on any atom is -0.343 e. The van der Waals surface area contributed by atoms with Gasteiger partial charge in [0.15, 0.2) is 11.0 Å². The van der Waals surface area contributed by atoms with Crippen LogP contribution in [0.4, 0.5) is 8.78 Å². The zero-order chi connectivity index (χ0) is 11.6. The lowest BCUT2D eigenvalue weighted by Crippen LogP contribution is -2.35. The third kappa shape index (κ3) is 3.64. The summed E-state index contributed by atoms with van der Waals surface area (Å²) < 4.78 is 24.8. The monoisotopic (exact) mass is 257 g/mol. The van der Waals surface area contributed by atoms with Crippen molar-refractivity contribution >= 4 is 29.1 Å². The Morgan fingerprint density at radius 2 is 2.20 bits per heavy atom. The summed E-state index contributed by atoms with van der Waals surface area (Å²) in [4.78, 5) is 17.1. The average Bonchev–Trinajstić information content (AvgIpc) is 2.42. The predicted molar refractivity (Wildman–Crippen MR) is 51.6 cm³/mol. The van der Waals surface area contributed by atoms with Crippen molar-refractivity contribution in [3.8, 4) is 0 Å². The molecule has 0 fully saturated rings. The Kier molecular flexibility index (Phi) is 3.51. The fourth-order valence-corrected chi connectivity index (χ4v) is 1.02. The van der Waals surface area contributed by atoms with Crippen molar-refractivity contribution in [3.05, 3.63) is 16.1 Å². The van der Waals surface area contributed by atoms with E-state index in [9.17, 15) is 13.6 Å². The Morgan fingerprint density at radius 3 is 2.60 bits per heavy atom. The molecule has 0 aromatic carbocycles. The van der Waals surface area contributed by atoms with Crippen LogP contribution in [0.1, 0.15) is 17.5 Å². The molecule has 0 bridgehead atoms. The second-order valence-corrected chi connectivity index (χ2v) is 3.68. The molecule has 84 valence electrons. The first-order chi connectivity index (χ1) is 6.79. The van der Waals surface area contributed by atoms with Crippen LogP contribution in [-0.4, -0.2) is 28.3 Å². The molecule has 0 aliphatic rings. The smallest absolute Gasteiger partial charge is 0.287 e. The average molecular weight is 258 g/mol. The molecule has 4 nitrogen and oxygen atoms in total. The Bertz CT molecular complexity index is 355. The number of H-pyrrole nitrogens is 1. The molecule has 0 aliphatic heterocycles. The van der Waals surface area contributed by atoms with Crippen LogP contribution in [0.25, 0.3) is 0 Å². The molecule has 0 spiro atoms. The minimum atomic E-state index is -2.98. The van der Waals surface area contributed by atoms with Crippen LogP contribution >= 0.6 is 23.2 Å². The second-order valence-electron chi connectivity index (χ2n) is 2.94. The number of aromatic amines is 1. The Hall–Kier alpha value is -0.880. The third-order valence-corrected chi connectivity index (χ3v) is 2.04. The Balaban J connectivity index is 2.62. The van der Waals surface area contributed by atoms with Gasteiger partial charge < -0.3 is 10.3 Å². The number of alkyl halides is 2. The number of amides is 1. The molecule has 0 atom stereocenters. The third-order valence-electron chi connectivity index (χ3n) is 1.39. The lowest BCUT2D eigenvalue weighted by atomic mass is 10.4. The Morgan fingerprint density at radius 1 is 1.60 bits per heavy atom. The minimum absolute atomic E-state index is 0.00919. The van der Waals surface area contributed by atoms with Crippen molar-refractivity contribution in [2.45, 2.75) is 12.8 Å². The molecule has 1 aromatic heterocycles. The summed E-state index contributed by atoms with van der Waals surface area (Å²) in [6.07, 6.45) is 0. The van der Waals surface area contributed by atoms with E-state index in [2.05, 4.69) is 9.97 Å². The van der Waals surface area contributed by atoms with Crippen LogP contribution in [-0.2, 0) is 0 Å². The van der Waals surface area contributed by atoms with Gasteiger partial charge in [-0.2, -0.15) is 0 Å². The van der Waals surface area contributed by atoms with E-state index < -0.39 is 18.4 Å². The van der Waals surface area contributed by atoms with E-state index in [1.807, 2.05) is 5.32 Å². The van der Waals surface area contributed by atoms with E-state index in [4.69, 9.17) is 23.2 Å². The van der Waals surface area contributed by atoms with Crippen LogP contribution in [0.15, 0.2) is 0 Å². The molecule has 0 unspecified atom stereocenters. The van der Waals surface area contributed by atoms with Crippen molar-refractivity contribution in [3.63, 3.8) is 0 Å². The highest BCUT2D eigenvalue weighted by Gasteiger charge is 2.23. The van der Waals surface area contributed by atoms with Crippen molar-refractivity contribution in [2.75, 3.05) is 6.54 Å². The van der Waals surface area contributed by atoms with Gasteiger partial charge in [0.05, 0.1) is 6.54 Å². The number of hydrogen-bond donors (Lipinski definition) is 2. The highest BCUT2D eigenvalue weighted by Crippen LogP contribution is 2.17. The number of carbonyl (C=O) groups excluding carboxylic acids is 1. The van der Waals surface area contributed by atoms with Gasteiger partial charge in [-0.25, -0.2) is 13.8 Å². The molecule has 0 saturated heterocycles. The van der Waals surface area contributed by atoms with Gasteiger partial charge in [-0.1, -0.05) is 23.2 Å². The number of aromatic nitrogens is 2. The number of carbonyl (C=O) groups is 1. The Labute approximate surface area is 94.0 Å². The molecule has 1 heterocycles. The van der Waals surface area contributed by atoms with Gasteiger partial charge in [0.2, 0.25) is 0 Å². The SMILES string of the molecule is CC(F)(F)CNC(=O)c1nc(Cl)c(Cl)[nH]1. The summed E-state index contributed by atoms with van der Waals surface area (Å²) in [7, 11) is 0. The molecule has 2 N–H and O–H groups in total. The zero-order valence-electron chi connectivity index (χ0n) is 7.57. The van der Waals surface area contributed by atoms with Gasteiger partial charge in [0, 0.05) is 6.92 Å². The lowest BCUT2D eigenvalue weighted by Gasteiger charge is -2.09. The van der Waals surface area contributed by atoms with Gasteiger partial charge in [0.1, 0.15) is 5.15 Å². The standard InChI is InChI=1S/C7H7Cl2F2N3O/c1-7(10,11)2-12-6(15)5-13-3(8)4(9)14-5/h2H2,1H3,(H,12,15)(H,13,14). The van der Waals surface area contributed by atoms with E-state index in [0.717, 1.165) is 0 Å². The summed E-state index contributed by atoms with van der Waals surface area (Å²) in [5.74, 6) is -3.96. The number of nitrogens with one attached hydrogen (secondary N) is 2. The van der Waals surface area contributed by atoms with Crippen LogP contribution < -0.4 is 5.32 Å². The topological polar surface area (TPSA) is 57.8 Å². The fraction of sp³-hybridized carbons (Fsp3) is 0.429. The highest BCUT2D eigenvalue weighted by molar-refractivity contribution is 6.40. The first-order valence-corrected chi connectivity index (χ1v) is 4.62. The maximum absolute atomic E-state index is 12.4. The molecule has 0 saturated carbocycles. The first-order valence-electron chi connectivity index (χ1n) is 3.86. The molecule has 0 aliphatic carbocycles. The zero-order valence-corrected chi connectivity index (χ0v) is 9.09. The van der Waals surface area contributed by atoms with Crippen LogP contribution in [0.3, 0.4) is 0 Å². The molecular formula is C7H7Cl2F2N3O. The van der Waals surface area contributed by atoms with Gasteiger partial charge in [-0.05, 0) is 0 Å². The maximum atomic E-state index is 12.4. The van der Waals surface area contributed by atoms with Gasteiger partial charge in [-0.15, -0.1) is 0 Å². The molecular weight excluding hydrogens is 251 g/mol. The number of imidazole rings is 1. The largest absolute Gasteiger partial charge is 0.343 e. The van der Waals surface area contributed by atoms with Crippen LogP contribution in [0.2, 0.25) is 10.3 Å². The number of rotatable bonds is 3. The molecule has 1 amide bonds. The second kappa shape index (κ2) is 4.32. The van der Waals surface area contributed by atoms with E-state index in [-0.39, 0.29) is 16.1 Å². The highest BCUT2D eigenvalue weighted by atomic mass is 35.5. The van der Waals surface area contributed by atoms with Crippen molar-refractivity contribution in [1.29, 1.82) is 0 Å². The van der Waals surface area contributed by atoms with Gasteiger partial charge >= 0.3 is 0 Å². The predicted octanol–water partition coefficient (Wildman–Crippen LogP) is 2.10. The molecule has 0 radical (unpaired) electrons. The summed E-state index contributed by atoms with van der Waals surface area (Å²) in [6.45, 7) is -0.0862. The lowest BCUT2D eigenvalue weighted by molar-refractivity contribution is 0.0219. The van der Waals surface area contributed by atoms with E-state index in [1.54, 1.807) is 0 Å². The van der Waals surface area contributed by atoms with E-state index in [0.29, 0.717) is 6.92 Å². The van der Waals surface area contributed by atoms with Crippen molar-refractivity contribution < 1.29 is 13.6 Å². The number of halogens is 4. The summed E-state index contributed by atoms with van der Waals surface area (Å²) >= 11 is 10.9. The quantitative estimate of drug-likeness (QED) is 0.872. The summed E-state index contributed by atoms with van der Waals surface area (Å²) in [5.41, 5.74) is 0. The molecule has 8 heteroatoms. The van der Waals surface area contributed by atoms with Crippen molar-refractivity contribution in [1.82, 2.24) is 15.3 Å². The first kappa shape index (κ1) is 12.2. The fourth-order valence-electron chi connectivity index (χ4n) is 0.757. The molecule has 15 heavy (non-hydrogen) atoms. The number of hydrogen-bond acceptors (Lipinski definition) is 2. The van der Waals surface area contributed by atoms with Gasteiger partial charge in [0.25, 0.3) is 11.8 Å². The summed E-state index contributed by atoms with van der Waals surface area (Å²) in [5, 5.41) is 1.89. The van der Waals surface area contributed by atoms with Crippen LogP contribution in [0, 0.1) is 0 Å². The number of nitrogens with zero attached hydrogens (tertiary/aromatic N) is 1. The van der Waals surface area contributed by atoms with Crippen molar-refractivity contribution in [2.24, 2.45) is 0 Å². The normalized spacial score (nSPS) is 11.5.